The number of aryl methyl sites for hydroxylation is 1. The van der Waals surface area contributed by atoms with Crippen LogP contribution in [0.25, 0.3) is 0 Å². The first-order valence-corrected chi connectivity index (χ1v) is 10.5. The molecule has 132 valence electrons. The molecule has 0 amide bonds. The summed E-state index contributed by atoms with van der Waals surface area (Å²) >= 11 is 17.1. The van der Waals surface area contributed by atoms with Crippen LogP contribution in [0.3, 0.4) is 0 Å². The Morgan fingerprint density at radius 1 is 1.23 bits per heavy atom. The van der Waals surface area contributed by atoms with E-state index >= 15 is 0 Å². The van der Waals surface area contributed by atoms with E-state index in [-0.39, 0.29) is 12.1 Å². The second-order valence-electron chi connectivity index (χ2n) is 6.07. The first kappa shape index (κ1) is 17.9. The summed E-state index contributed by atoms with van der Waals surface area (Å²) in [5.74, 6) is 0. The van der Waals surface area contributed by atoms with Crippen LogP contribution in [0.4, 0.5) is 5.69 Å². The normalized spacial score (nSPS) is 19.7. The number of anilines is 1. The molecule has 0 aliphatic carbocycles. The van der Waals surface area contributed by atoms with Crippen molar-refractivity contribution in [3.8, 4) is 0 Å². The second-order valence-corrected chi connectivity index (χ2v) is 9.06. The number of thiophene rings is 1. The molecule has 4 rings (SSSR count). The van der Waals surface area contributed by atoms with Gasteiger partial charge in [0.15, 0.2) is 5.11 Å². The van der Waals surface area contributed by atoms with Gasteiger partial charge in [0.2, 0.25) is 0 Å². The molecule has 1 N–H and O–H groups in total. The van der Waals surface area contributed by atoms with Gasteiger partial charge in [0.1, 0.15) is 0 Å². The van der Waals surface area contributed by atoms with Crippen LogP contribution in [0.1, 0.15) is 28.2 Å². The van der Waals surface area contributed by atoms with Crippen molar-refractivity contribution in [2.45, 2.75) is 19.0 Å². The summed E-state index contributed by atoms with van der Waals surface area (Å²) in [5, 5.41) is 4.15. The molecule has 0 radical (unpaired) electrons. The van der Waals surface area contributed by atoms with Gasteiger partial charge in [-0.1, -0.05) is 33.6 Å². The number of halogens is 2. The molecule has 1 aliphatic heterocycles. The van der Waals surface area contributed by atoms with Gasteiger partial charge in [0.05, 0.1) is 22.1 Å². The average molecular weight is 465 g/mol. The molecule has 26 heavy (non-hydrogen) atoms. The van der Waals surface area contributed by atoms with Crippen LogP contribution >= 0.6 is 51.1 Å². The number of benzene rings is 1. The van der Waals surface area contributed by atoms with Gasteiger partial charge in [-0.25, -0.2) is 0 Å². The third kappa shape index (κ3) is 3.27. The fourth-order valence-corrected chi connectivity index (χ4v) is 4.97. The van der Waals surface area contributed by atoms with E-state index < -0.39 is 0 Å². The van der Waals surface area contributed by atoms with Gasteiger partial charge < -0.3 is 10.2 Å². The molecule has 0 bridgehead atoms. The molecule has 1 fully saturated rings. The van der Waals surface area contributed by atoms with Crippen molar-refractivity contribution >= 4 is 61.9 Å². The lowest BCUT2D eigenvalue weighted by atomic mass is 10.0. The Hall–Kier alpha value is -1.47. The Balaban J connectivity index is 1.83. The van der Waals surface area contributed by atoms with Crippen LogP contribution in [-0.4, -0.2) is 10.1 Å². The molecule has 1 aromatic carbocycles. The van der Waals surface area contributed by atoms with Crippen molar-refractivity contribution in [2.24, 2.45) is 0 Å². The largest absolute Gasteiger partial charge is 0.351 e. The van der Waals surface area contributed by atoms with E-state index in [4.69, 9.17) is 23.8 Å². The fraction of sp³-hybridized carbons (Fsp3) is 0.158. The molecular formula is C19H15BrClN3S2. The molecule has 3 nitrogen and oxygen atoms in total. The van der Waals surface area contributed by atoms with Crippen molar-refractivity contribution in [2.75, 3.05) is 4.90 Å². The molecule has 0 saturated carbocycles. The van der Waals surface area contributed by atoms with Crippen molar-refractivity contribution in [3.63, 3.8) is 0 Å². The number of thiocarbonyl (C=S) groups is 1. The molecule has 0 unspecified atom stereocenters. The minimum atomic E-state index is -0.0395. The van der Waals surface area contributed by atoms with Crippen LogP contribution in [0, 0.1) is 6.92 Å². The summed E-state index contributed by atoms with van der Waals surface area (Å²) < 4.78 is 1.85. The maximum absolute atomic E-state index is 6.23. The van der Waals surface area contributed by atoms with E-state index in [2.05, 4.69) is 62.3 Å². The summed E-state index contributed by atoms with van der Waals surface area (Å²) in [7, 11) is 0. The third-order valence-electron chi connectivity index (χ3n) is 4.40. The van der Waals surface area contributed by atoms with Gasteiger partial charge in [0, 0.05) is 21.2 Å². The zero-order chi connectivity index (χ0) is 18.3. The van der Waals surface area contributed by atoms with E-state index in [9.17, 15) is 0 Å². The van der Waals surface area contributed by atoms with Crippen molar-refractivity contribution in [1.82, 2.24) is 10.3 Å². The lowest BCUT2D eigenvalue weighted by Gasteiger charge is -2.27. The minimum absolute atomic E-state index is 0.00419. The van der Waals surface area contributed by atoms with Gasteiger partial charge in [-0.3, -0.25) is 4.98 Å². The smallest absolute Gasteiger partial charge is 0.174 e. The molecule has 0 spiro atoms. The Kier molecular flexibility index (Phi) is 5.01. The predicted molar refractivity (Wildman–Crippen MR) is 116 cm³/mol. The molecule has 3 aromatic rings. The highest BCUT2D eigenvalue weighted by atomic mass is 79.9. The van der Waals surface area contributed by atoms with Gasteiger partial charge >= 0.3 is 0 Å². The van der Waals surface area contributed by atoms with Crippen LogP contribution in [0.2, 0.25) is 4.34 Å². The predicted octanol–water partition coefficient (Wildman–Crippen LogP) is 6.04. The third-order valence-corrected chi connectivity index (χ3v) is 6.91. The fourth-order valence-electron chi connectivity index (χ4n) is 3.19. The first-order valence-electron chi connectivity index (χ1n) is 8.06. The highest BCUT2D eigenvalue weighted by molar-refractivity contribution is 9.10. The maximum atomic E-state index is 6.23. The van der Waals surface area contributed by atoms with Gasteiger partial charge in [-0.2, -0.15) is 0 Å². The van der Waals surface area contributed by atoms with Crippen LogP contribution < -0.4 is 10.2 Å². The van der Waals surface area contributed by atoms with Crippen LogP contribution in [0.5, 0.6) is 0 Å². The van der Waals surface area contributed by atoms with E-state index in [1.165, 1.54) is 0 Å². The summed E-state index contributed by atoms with van der Waals surface area (Å²) in [4.78, 5) is 7.87. The zero-order valence-electron chi connectivity index (χ0n) is 13.8. The molecule has 2 aromatic heterocycles. The number of nitrogens with zero attached hydrogens (tertiary/aromatic N) is 2. The minimum Gasteiger partial charge on any atom is -0.351 e. The van der Waals surface area contributed by atoms with Gasteiger partial charge in [-0.05, 0) is 67.2 Å². The highest BCUT2D eigenvalue weighted by Crippen LogP contribution is 2.44. The standard InChI is InChI=1S/C19H15BrClN3S2/c1-11-10-12(5-6-13(11)20)24-18(15-7-8-16(21)26-15)17(23-19(24)25)14-4-2-3-9-22-14/h2-10,17-18H,1H3,(H,23,25)/t17-,18+/m1/s1. The summed E-state index contributed by atoms with van der Waals surface area (Å²) in [6.07, 6.45) is 1.81. The van der Waals surface area contributed by atoms with Crippen LogP contribution in [-0.2, 0) is 0 Å². The molecule has 7 heteroatoms. The molecule has 1 saturated heterocycles. The van der Waals surface area contributed by atoms with E-state index in [0.29, 0.717) is 5.11 Å². The quantitative estimate of drug-likeness (QED) is 0.478. The molecule has 1 aliphatic rings. The van der Waals surface area contributed by atoms with Gasteiger partial charge in [-0.15, -0.1) is 11.3 Å². The monoisotopic (exact) mass is 463 g/mol. The second kappa shape index (κ2) is 7.27. The zero-order valence-corrected chi connectivity index (χ0v) is 17.8. The van der Waals surface area contributed by atoms with E-state index in [0.717, 1.165) is 30.6 Å². The van der Waals surface area contributed by atoms with Crippen LogP contribution in [0.15, 0.2) is 59.2 Å². The van der Waals surface area contributed by atoms with E-state index in [1.807, 2.05) is 30.5 Å². The summed E-state index contributed by atoms with van der Waals surface area (Å²) in [6.45, 7) is 2.08. The van der Waals surface area contributed by atoms with Crippen molar-refractivity contribution < 1.29 is 0 Å². The first-order chi connectivity index (χ1) is 12.5. The Morgan fingerprint density at radius 3 is 2.73 bits per heavy atom. The topological polar surface area (TPSA) is 28.2 Å². The maximum Gasteiger partial charge on any atom is 0.174 e. The van der Waals surface area contributed by atoms with Gasteiger partial charge in [0.25, 0.3) is 0 Å². The molecule has 3 heterocycles. The summed E-state index contributed by atoms with van der Waals surface area (Å²) in [6, 6.07) is 16.2. The number of hydrogen-bond donors (Lipinski definition) is 1. The van der Waals surface area contributed by atoms with Crippen molar-refractivity contribution in [3.05, 3.63) is 79.7 Å². The SMILES string of the molecule is Cc1cc(N2C(=S)N[C@H](c3ccccn3)[C@@H]2c2ccc(Cl)s2)ccc1Br. The number of hydrogen-bond acceptors (Lipinski definition) is 3. The number of pyridine rings is 1. The Bertz CT molecular complexity index is 960. The van der Waals surface area contributed by atoms with E-state index in [1.54, 1.807) is 11.3 Å². The molecular weight excluding hydrogens is 450 g/mol. The van der Waals surface area contributed by atoms with Crippen molar-refractivity contribution in [1.29, 1.82) is 0 Å². The number of rotatable bonds is 3. The summed E-state index contributed by atoms with van der Waals surface area (Å²) in [5.41, 5.74) is 3.17. The Labute approximate surface area is 175 Å². The Morgan fingerprint density at radius 2 is 2.08 bits per heavy atom. The average Bonchev–Trinajstić information content (AvgIpc) is 3.21. The number of nitrogens with one attached hydrogen (secondary N) is 1. The number of aromatic nitrogens is 1. The lowest BCUT2D eigenvalue weighted by molar-refractivity contribution is 0.575. The molecule has 2 atom stereocenters. The highest BCUT2D eigenvalue weighted by Gasteiger charge is 2.41. The lowest BCUT2D eigenvalue weighted by Crippen LogP contribution is -2.29.